The fourth-order valence-electron chi connectivity index (χ4n) is 4.36. The second-order valence-electron chi connectivity index (χ2n) is 8.93. The summed E-state index contributed by atoms with van der Waals surface area (Å²) in [5, 5.41) is 4.26. The quantitative estimate of drug-likeness (QED) is 0.534. The lowest BCUT2D eigenvalue weighted by Crippen LogP contribution is -2.52. The Labute approximate surface area is 208 Å². The predicted octanol–water partition coefficient (Wildman–Crippen LogP) is 1.37. The summed E-state index contributed by atoms with van der Waals surface area (Å²) in [4.78, 5) is 55.2. The van der Waals surface area contributed by atoms with Crippen molar-refractivity contribution in [3.63, 3.8) is 0 Å². The largest absolute Gasteiger partial charge is 0.497 e. The van der Waals surface area contributed by atoms with Crippen LogP contribution in [-0.4, -0.2) is 69.3 Å². The number of ether oxygens (including phenoxy) is 1. The van der Waals surface area contributed by atoms with Crippen LogP contribution >= 0.6 is 0 Å². The predicted molar refractivity (Wildman–Crippen MR) is 134 cm³/mol. The molecule has 188 valence electrons. The molecule has 2 heterocycles. The summed E-state index contributed by atoms with van der Waals surface area (Å²) in [6.45, 7) is 6.51. The zero-order valence-electron chi connectivity index (χ0n) is 20.9. The number of hydrogen-bond donors (Lipinski definition) is 0. The maximum Gasteiger partial charge on any atom is 0.352 e. The molecule has 0 saturated carbocycles. The van der Waals surface area contributed by atoms with Gasteiger partial charge in [-0.05, 0) is 54.8 Å². The molecule has 36 heavy (non-hydrogen) atoms. The van der Waals surface area contributed by atoms with Crippen molar-refractivity contribution >= 4 is 11.8 Å². The number of rotatable bonds is 5. The Morgan fingerprint density at radius 1 is 0.944 bits per heavy atom. The summed E-state index contributed by atoms with van der Waals surface area (Å²) in [5.41, 5.74) is 1.21. The highest BCUT2D eigenvalue weighted by Crippen LogP contribution is 2.14. The summed E-state index contributed by atoms with van der Waals surface area (Å²) < 4.78 is 7.41. The molecule has 0 unspecified atom stereocenters. The Morgan fingerprint density at radius 3 is 2.19 bits per heavy atom. The van der Waals surface area contributed by atoms with E-state index < -0.39 is 17.2 Å². The number of carbonyl (C=O) groups excluding carboxylic acids is 2. The number of benzene rings is 2. The smallest absolute Gasteiger partial charge is 0.352 e. The monoisotopic (exact) mass is 491 g/mol. The van der Waals surface area contributed by atoms with Crippen molar-refractivity contribution in [2.45, 2.75) is 27.3 Å². The van der Waals surface area contributed by atoms with Gasteiger partial charge < -0.3 is 14.5 Å². The Kier molecular flexibility index (Phi) is 7.05. The molecule has 0 radical (unpaired) electrons. The average molecular weight is 492 g/mol. The molecule has 1 saturated heterocycles. The van der Waals surface area contributed by atoms with Crippen LogP contribution in [0.3, 0.4) is 0 Å². The lowest BCUT2D eigenvalue weighted by atomic mass is 10.1. The molecule has 4 rings (SSSR count). The minimum atomic E-state index is -0.762. The molecular formula is C26H29N5O5. The highest BCUT2D eigenvalue weighted by Gasteiger charge is 2.28. The number of amides is 2. The SMILES string of the molecule is COc1cccc(Cn2c(=O)c(C(=O)N3CCN(C(C)=O)CC3)nn(-c3cc(C)cc(C)c3)c2=O)c1. The first-order valence-corrected chi connectivity index (χ1v) is 11.7. The number of methoxy groups -OCH3 is 1. The van der Waals surface area contributed by atoms with Crippen LogP contribution in [0.2, 0.25) is 0 Å². The Hall–Kier alpha value is -4.21. The van der Waals surface area contributed by atoms with Crippen molar-refractivity contribution in [3.05, 3.63) is 85.7 Å². The lowest BCUT2D eigenvalue weighted by Gasteiger charge is -2.33. The molecule has 0 N–H and O–H groups in total. The molecule has 10 heteroatoms. The van der Waals surface area contributed by atoms with Crippen LogP contribution in [0.4, 0.5) is 0 Å². The van der Waals surface area contributed by atoms with Crippen molar-refractivity contribution in [2.24, 2.45) is 0 Å². The van der Waals surface area contributed by atoms with E-state index in [1.54, 1.807) is 41.3 Å². The number of aromatic nitrogens is 3. The van der Waals surface area contributed by atoms with Crippen LogP contribution in [0.5, 0.6) is 5.75 Å². The highest BCUT2D eigenvalue weighted by molar-refractivity contribution is 5.92. The van der Waals surface area contributed by atoms with Gasteiger partial charge in [-0.2, -0.15) is 9.78 Å². The van der Waals surface area contributed by atoms with Crippen LogP contribution in [0.25, 0.3) is 5.69 Å². The van der Waals surface area contributed by atoms with Gasteiger partial charge in [0.15, 0.2) is 0 Å². The van der Waals surface area contributed by atoms with E-state index in [1.807, 2.05) is 19.9 Å². The number of piperazine rings is 1. The first-order chi connectivity index (χ1) is 17.2. The van der Waals surface area contributed by atoms with Crippen molar-refractivity contribution in [3.8, 4) is 11.4 Å². The molecule has 1 aliphatic rings. The topological polar surface area (TPSA) is 107 Å². The van der Waals surface area contributed by atoms with Crippen LogP contribution in [0, 0.1) is 13.8 Å². The van der Waals surface area contributed by atoms with Crippen molar-refractivity contribution in [1.82, 2.24) is 24.1 Å². The molecule has 0 spiro atoms. The third kappa shape index (κ3) is 5.07. The molecule has 10 nitrogen and oxygen atoms in total. The minimum absolute atomic E-state index is 0.0550. The number of aryl methyl sites for hydroxylation is 2. The summed E-state index contributed by atoms with van der Waals surface area (Å²) in [6, 6.07) is 12.6. The van der Waals surface area contributed by atoms with E-state index in [-0.39, 0.29) is 31.2 Å². The summed E-state index contributed by atoms with van der Waals surface area (Å²) >= 11 is 0. The molecule has 2 aromatic carbocycles. The first kappa shape index (κ1) is 24.9. The molecule has 3 aromatic rings. The number of hydrogen-bond acceptors (Lipinski definition) is 6. The first-order valence-electron chi connectivity index (χ1n) is 11.7. The van der Waals surface area contributed by atoms with Crippen LogP contribution in [0.1, 0.15) is 34.1 Å². The van der Waals surface area contributed by atoms with Crippen LogP contribution < -0.4 is 16.0 Å². The van der Waals surface area contributed by atoms with E-state index in [0.29, 0.717) is 30.1 Å². The van der Waals surface area contributed by atoms with Gasteiger partial charge in [-0.25, -0.2) is 4.79 Å². The van der Waals surface area contributed by atoms with Gasteiger partial charge in [-0.15, -0.1) is 0 Å². The second kappa shape index (κ2) is 10.2. The van der Waals surface area contributed by atoms with Crippen LogP contribution in [0.15, 0.2) is 52.1 Å². The molecule has 0 aliphatic carbocycles. The maximum atomic E-state index is 13.5. The summed E-state index contributed by atoms with van der Waals surface area (Å²) in [5.74, 6) is -0.0474. The molecule has 0 atom stereocenters. The highest BCUT2D eigenvalue weighted by atomic mass is 16.5. The maximum absolute atomic E-state index is 13.5. The van der Waals surface area contributed by atoms with Crippen molar-refractivity contribution in [2.75, 3.05) is 33.3 Å². The van der Waals surface area contributed by atoms with Crippen LogP contribution in [-0.2, 0) is 11.3 Å². The van der Waals surface area contributed by atoms with Crippen molar-refractivity contribution in [1.29, 1.82) is 0 Å². The zero-order chi connectivity index (χ0) is 26.0. The molecule has 1 aromatic heterocycles. The Morgan fingerprint density at radius 2 is 1.58 bits per heavy atom. The summed E-state index contributed by atoms with van der Waals surface area (Å²) in [7, 11) is 1.54. The van der Waals surface area contributed by atoms with Gasteiger partial charge in [0, 0.05) is 33.1 Å². The third-order valence-corrected chi connectivity index (χ3v) is 6.20. The number of nitrogens with zero attached hydrogens (tertiary/aromatic N) is 5. The van der Waals surface area contributed by atoms with E-state index in [2.05, 4.69) is 5.10 Å². The molecular weight excluding hydrogens is 462 g/mol. The van der Waals surface area contributed by atoms with E-state index in [1.165, 1.54) is 18.9 Å². The van der Waals surface area contributed by atoms with Gasteiger partial charge in [-0.3, -0.25) is 19.0 Å². The molecule has 0 bridgehead atoms. The Balaban J connectivity index is 1.82. The van der Waals surface area contributed by atoms with Gasteiger partial charge in [-0.1, -0.05) is 18.2 Å². The normalized spacial score (nSPS) is 13.6. The van der Waals surface area contributed by atoms with Gasteiger partial charge in [0.25, 0.3) is 11.5 Å². The van der Waals surface area contributed by atoms with E-state index in [9.17, 15) is 19.2 Å². The van der Waals surface area contributed by atoms with Gasteiger partial charge in [0.2, 0.25) is 11.6 Å². The fourth-order valence-corrected chi connectivity index (χ4v) is 4.36. The second-order valence-corrected chi connectivity index (χ2v) is 8.93. The minimum Gasteiger partial charge on any atom is -0.497 e. The number of carbonyl (C=O) groups is 2. The third-order valence-electron chi connectivity index (χ3n) is 6.20. The average Bonchev–Trinajstić information content (AvgIpc) is 2.86. The Bertz CT molecular complexity index is 1410. The fraction of sp³-hybridized carbons (Fsp3) is 0.346. The van der Waals surface area contributed by atoms with E-state index >= 15 is 0 Å². The van der Waals surface area contributed by atoms with E-state index in [4.69, 9.17) is 4.74 Å². The van der Waals surface area contributed by atoms with E-state index in [0.717, 1.165) is 20.4 Å². The van der Waals surface area contributed by atoms with Gasteiger partial charge >= 0.3 is 5.69 Å². The van der Waals surface area contributed by atoms with Crippen molar-refractivity contribution < 1.29 is 14.3 Å². The zero-order valence-corrected chi connectivity index (χ0v) is 20.9. The molecule has 1 fully saturated rings. The lowest BCUT2D eigenvalue weighted by molar-refractivity contribution is -0.130. The standard InChI is InChI=1S/C26H29N5O5/c1-17-12-18(2)14-21(13-17)31-26(35)30(16-20-6-5-7-22(15-20)36-4)25(34)23(27-31)24(33)29-10-8-28(9-11-29)19(3)32/h5-7,12-15H,8-11,16H2,1-4H3. The molecule has 2 amide bonds. The summed E-state index contributed by atoms with van der Waals surface area (Å²) in [6.07, 6.45) is 0. The van der Waals surface area contributed by atoms with Gasteiger partial charge in [0.1, 0.15) is 5.75 Å². The molecule has 1 aliphatic heterocycles. The van der Waals surface area contributed by atoms with Gasteiger partial charge in [0.05, 0.1) is 19.3 Å².